The summed E-state index contributed by atoms with van der Waals surface area (Å²) < 4.78 is 4.59. The minimum absolute atomic E-state index is 0.0761. The van der Waals surface area contributed by atoms with Gasteiger partial charge in [0.25, 0.3) is 5.91 Å². The van der Waals surface area contributed by atoms with Crippen LogP contribution < -0.4 is 16.0 Å². The quantitative estimate of drug-likeness (QED) is 0.640. The Labute approximate surface area is 158 Å². The van der Waals surface area contributed by atoms with Gasteiger partial charge >= 0.3 is 12.0 Å². The highest BCUT2D eigenvalue weighted by molar-refractivity contribution is 5.96. The summed E-state index contributed by atoms with van der Waals surface area (Å²) >= 11 is 0. The normalized spacial score (nSPS) is 20.3. The van der Waals surface area contributed by atoms with E-state index in [-0.39, 0.29) is 43.0 Å². The highest BCUT2D eigenvalue weighted by atomic mass is 16.5. The molecule has 146 valence electrons. The van der Waals surface area contributed by atoms with Gasteiger partial charge in [-0.1, -0.05) is 18.2 Å². The average molecular weight is 374 g/mol. The van der Waals surface area contributed by atoms with Crippen LogP contribution in [-0.2, 0) is 9.53 Å². The molecule has 1 unspecified atom stereocenters. The number of hydrogen-bond acceptors (Lipinski definition) is 5. The molecule has 3 rings (SSSR count). The van der Waals surface area contributed by atoms with Crippen molar-refractivity contribution in [2.45, 2.75) is 31.3 Å². The van der Waals surface area contributed by atoms with Gasteiger partial charge in [-0.05, 0) is 37.6 Å². The van der Waals surface area contributed by atoms with Crippen LogP contribution in [0.25, 0.3) is 0 Å². The molecule has 0 spiro atoms. The van der Waals surface area contributed by atoms with E-state index < -0.39 is 0 Å². The van der Waals surface area contributed by atoms with E-state index in [1.807, 2.05) is 17.0 Å². The van der Waals surface area contributed by atoms with Crippen molar-refractivity contribution in [2.24, 2.45) is 0 Å². The molecule has 0 bridgehead atoms. The van der Waals surface area contributed by atoms with Gasteiger partial charge in [0.2, 0.25) is 0 Å². The molecule has 27 heavy (non-hydrogen) atoms. The number of carbonyl (C=O) groups is 3. The third kappa shape index (κ3) is 4.39. The molecule has 2 heterocycles. The summed E-state index contributed by atoms with van der Waals surface area (Å²) in [5.41, 5.74) is 1.35. The summed E-state index contributed by atoms with van der Waals surface area (Å²) in [6.45, 7) is 2.46. The lowest BCUT2D eigenvalue weighted by atomic mass is 9.96. The molecule has 3 amide bonds. The molecule has 2 saturated heterocycles. The van der Waals surface area contributed by atoms with Gasteiger partial charge in [0.15, 0.2) is 0 Å². The lowest BCUT2D eigenvalue weighted by Crippen LogP contribution is -2.45. The molecule has 2 fully saturated rings. The zero-order valence-electron chi connectivity index (χ0n) is 15.5. The molecule has 8 nitrogen and oxygen atoms in total. The minimum Gasteiger partial charge on any atom is -0.469 e. The number of methoxy groups -OCH3 is 1. The number of amides is 3. The Balaban J connectivity index is 1.76. The first-order valence-corrected chi connectivity index (χ1v) is 9.32. The van der Waals surface area contributed by atoms with Gasteiger partial charge < -0.3 is 25.6 Å². The third-order valence-corrected chi connectivity index (χ3v) is 5.13. The second kappa shape index (κ2) is 8.85. The SMILES string of the molecule is COC(=O)CCNC(=O)c1ccccc1C1CNC(=O)N1C1CCNCC1. The first kappa shape index (κ1) is 19.2. The summed E-state index contributed by atoms with van der Waals surface area (Å²) in [5.74, 6) is -0.620. The van der Waals surface area contributed by atoms with Crippen molar-refractivity contribution >= 4 is 17.9 Å². The van der Waals surface area contributed by atoms with Crippen LogP contribution >= 0.6 is 0 Å². The van der Waals surface area contributed by atoms with Crippen LogP contribution in [0, 0.1) is 0 Å². The van der Waals surface area contributed by atoms with E-state index in [0.29, 0.717) is 12.1 Å². The fourth-order valence-electron chi connectivity index (χ4n) is 3.75. The van der Waals surface area contributed by atoms with Crippen LogP contribution in [0.5, 0.6) is 0 Å². The van der Waals surface area contributed by atoms with E-state index in [9.17, 15) is 14.4 Å². The van der Waals surface area contributed by atoms with E-state index in [4.69, 9.17) is 0 Å². The molecule has 1 aromatic rings. The molecule has 0 radical (unpaired) electrons. The van der Waals surface area contributed by atoms with Gasteiger partial charge in [-0.2, -0.15) is 0 Å². The van der Waals surface area contributed by atoms with Crippen LogP contribution in [0.15, 0.2) is 24.3 Å². The molecule has 0 aliphatic carbocycles. The van der Waals surface area contributed by atoms with Gasteiger partial charge in [0, 0.05) is 24.7 Å². The van der Waals surface area contributed by atoms with Crippen LogP contribution in [-0.4, -0.2) is 62.1 Å². The summed E-state index contributed by atoms with van der Waals surface area (Å²) in [7, 11) is 1.32. The number of hydrogen-bond donors (Lipinski definition) is 3. The molecule has 1 aromatic carbocycles. The number of carbonyl (C=O) groups excluding carboxylic acids is 3. The van der Waals surface area contributed by atoms with Gasteiger partial charge in [0.05, 0.1) is 19.6 Å². The van der Waals surface area contributed by atoms with Crippen LogP contribution in [0.1, 0.15) is 41.2 Å². The van der Waals surface area contributed by atoms with Gasteiger partial charge in [-0.3, -0.25) is 9.59 Å². The van der Waals surface area contributed by atoms with Crippen molar-refractivity contribution in [1.82, 2.24) is 20.9 Å². The Bertz CT molecular complexity index is 703. The third-order valence-electron chi connectivity index (χ3n) is 5.13. The van der Waals surface area contributed by atoms with Crippen LogP contribution in [0.3, 0.4) is 0 Å². The van der Waals surface area contributed by atoms with Gasteiger partial charge in [0.1, 0.15) is 0 Å². The topological polar surface area (TPSA) is 99.8 Å². The molecule has 1 atom stereocenters. The maximum atomic E-state index is 12.7. The number of urea groups is 1. The number of piperidine rings is 1. The predicted octanol–water partition coefficient (Wildman–Crippen LogP) is 0.798. The second-order valence-electron chi connectivity index (χ2n) is 6.76. The van der Waals surface area contributed by atoms with E-state index in [0.717, 1.165) is 31.5 Å². The van der Waals surface area contributed by atoms with E-state index in [2.05, 4.69) is 20.7 Å². The molecule has 0 aromatic heterocycles. The molecular weight excluding hydrogens is 348 g/mol. The Kier molecular flexibility index (Phi) is 6.28. The van der Waals surface area contributed by atoms with E-state index >= 15 is 0 Å². The smallest absolute Gasteiger partial charge is 0.318 e. The number of nitrogens with one attached hydrogen (secondary N) is 3. The molecule has 2 aliphatic heterocycles. The van der Waals surface area contributed by atoms with Gasteiger partial charge in [-0.15, -0.1) is 0 Å². The average Bonchev–Trinajstić information content (AvgIpc) is 3.09. The Hall–Kier alpha value is -2.61. The van der Waals surface area contributed by atoms with Crippen molar-refractivity contribution in [3.8, 4) is 0 Å². The summed E-state index contributed by atoms with van der Waals surface area (Å²) in [6.07, 6.45) is 1.92. The van der Waals surface area contributed by atoms with E-state index in [1.165, 1.54) is 7.11 Å². The molecule has 8 heteroatoms. The Morgan fingerprint density at radius 1 is 1.26 bits per heavy atom. The monoisotopic (exact) mass is 374 g/mol. The molecular formula is C19H26N4O4. The first-order valence-electron chi connectivity index (χ1n) is 9.32. The summed E-state index contributed by atoms with van der Waals surface area (Å²) in [5, 5.41) is 9.00. The van der Waals surface area contributed by atoms with Crippen LogP contribution in [0.2, 0.25) is 0 Å². The minimum atomic E-state index is -0.369. The summed E-state index contributed by atoms with van der Waals surface area (Å²) in [6, 6.07) is 7.24. The largest absolute Gasteiger partial charge is 0.469 e. The first-order chi connectivity index (χ1) is 13.1. The van der Waals surface area contributed by atoms with Crippen molar-refractivity contribution in [3.63, 3.8) is 0 Å². The number of esters is 1. The fourth-order valence-corrected chi connectivity index (χ4v) is 3.75. The zero-order chi connectivity index (χ0) is 19.2. The number of rotatable bonds is 6. The van der Waals surface area contributed by atoms with Crippen LogP contribution in [0.4, 0.5) is 4.79 Å². The number of nitrogens with zero attached hydrogens (tertiary/aromatic N) is 1. The standard InChI is InChI=1S/C19H26N4O4/c1-27-17(24)8-11-21-18(25)15-5-3-2-4-14(15)16-12-22-19(26)23(16)13-6-9-20-10-7-13/h2-5,13,16,20H,6-12H2,1H3,(H,21,25)(H,22,26). The van der Waals surface area contributed by atoms with Crippen molar-refractivity contribution in [1.29, 1.82) is 0 Å². The second-order valence-corrected chi connectivity index (χ2v) is 6.76. The molecule has 0 saturated carbocycles. The number of benzene rings is 1. The predicted molar refractivity (Wildman–Crippen MR) is 99.3 cm³/mol. The van der Waals surface area contributed by atoms with Crippen molar-refractivity contribution < 1.29 is 19.1 Å². The fraction of sp³-hybridized carbons (Fsp3) is 0.526. The van der Waals surface area contributed by atoms with Crippen molar-refractivity contribution in [2.75, 3.05) is 33.3 Å². The van der Waals surface area contributed by atoms with Crippen molar-refractivity contribution in [3.05, 3.63) is 35.4 Å². The maximum Gasteiger partial charge on any atom is 0.318 e. The molecule has 2 aliphatic rings. The lowest BCUT2D eigenvalue weighted by molar-refractivity contribution is -0.140. The Morgan fingerprint density at radius 3 is 2.74 bits per heavy atom. The Morgan fingerprint density at radius 2 is 2.00 bits per heavy atom. The molecule has 3 N–H and O–H groups in total. The number of ether oxygens (including phenoxy) is 1. The highest BCUT2D eigenvalue weighted by Crippen LogP contribution is 2.31. The maximum absolute atomic E-state index is 12.7. The summed E-state index contributed by atoms with van der Waals surface area (Å²) in [4.78, 5) is 38.2. The highest BCUT2D eigenvalue weighted by Gasteiger charge is 2.38. The van der Waals surface area contributed by atoms with Gasteiger partial charge in [-0.25, -0.2) is 4.79 Å². The lowest BCUT2D eigenvalue weighted by Gasteiger charge is -2.35. The zero-order valence-corrected chi connectivity index (χ0v) is 15.5. The van der Waals surface area contributed by atoms with E-state index in [1.54, 1.807) is 12.1 Å².